The third kappa shape index (κ3) is 4.02. The summed E-state index contributed by atoms with van der Waals surface area (Å²) >= 11 is -1.04. The second kappa shape index (κ2) is 7.54. The molecule has 1 aromatic heterocycles. The lowest BCUT2D eigenvalue weighted by molar-refractivity contribution is 0.301. The fraction of sp³-hybridized carbons (Fsp3) is 0.421. The Morgan fingerprint density at radius 1 is 1.36 bits per heavy atom. The average molecular weight is 360 g/mol. The van der Waals surface area contributed by atoms with Gasteiger partial charge in [-0.2, -0.15) is 0 Å². The summed E-state index contributed by atoms with van der Waals surface area (Å²) in [5.74, 6) is 1.98. The minimum absolute atomic E-state index is 0.0833. The van der Waals surface area contributed by atoms with Gasteiger partial charge in [0.1, 0.15) is 17.2 Å². The van der Waals surface area contributed by atoms with Crippen LogP contribution >= 0.6 is 0 Å². The highest BCUT2D eigenvalue weighted by molar-refractivity contribution is 7.91. The van der Waals surface area contributed by atoms with Crippen LogP contribution in [0.25, 0.3) is 11.1 Å². The van der Waals surface area contributed by atoms with E-state index in [0.717, 1.165) is 21.8 Å². The lowest BCUT2D eigenvalue weighted by Crippen LogP contribution is -2.19. The van der Waals surface area contributed by atoms with Gasteiger partial charge in [0.2, 0.25) is 0 Å². The van der Waals surface area contributed by atoms with E-state index in [0.29, 0.717) is 24.0 Å². The zero-order chi connectivity index (χ0) is 18.0. The van der Waals surface area contributed by atoms with Crippen molar-refractivity contribution in [3.63, 3.8) is 0 Å². The maximum atomic E-state index is 12.2. The van der Waals surface area contributed by atoms with Crippen molar-refractivity contribution in [3.8, 4) is 16.9 Å². The number of benzene rings is 1. The van der Waals surface area contributed by atoms with Gasteiger partial charge in [-0.05, 0) is 55.1 Å². The number of hydrogen-bond donors (Lipinski definition) is 1. The van der Waals surface area contributed by atoms with Crippen LogP contribution in [0.5, 0.6) is 5.75 Å². The lowest BCUT2D eigenvalue weighted by atomic mass is 10.1. The smallest absolute Gasteiger partial charge is 0.273 e. The van der Waals surface area contributed by atoms with Crippen LogP contribution in [-0.4, -0.2) is 28.5 Å². The normalized spacial score (nSPS) is 15.0. The summed E-state index contributed by atoms with van der Waals surface area (Å²) in [7, 11) is 3.46. The number of rotatable bonds is 7. The van der Waals surface area contributed by atoms with E-state index < -0.39 is 11.2 Å². The Kier molecular flexibility index (Phi) is 5.39. The Hall–Kier alpha value is -1.92. The maximum absolute atomic E-state index is 12.2. The monoisotopic (exact) mass is 360 g/mol. The summed E-state index contributed by atoms with van der Waals surface area (Å²) in [6, 6.07) is 7.50. The summed E-state index contributed by atoms with van der Waals surface area (Å²) in [5, 5.41) is 2.94. The standard InChI is InChI=1S/C19H24N2O3S/c1-4-25(23)15-7-8-18(24-12-13-5-6-13)16(10-15)14-9-17(20-2)19(22)21(3)11-14/h7-11,13,20H,4-6,12H2,1-3H3. The molecule has 0 spiro atoms. The van der Waals surface area contributed by atoms with Crippen LogP contribution in [0.4, 0.5) is 5.69 Å². The summed E-state index contributed by atoms with van der Waals surface area (Å²) in [4.78, 5) is 12.9. The van der Waals surface area contributed by atoms with Crippen LogP contribution in [0.1, 0.15) is 19.8 Å². The van der Waals surface area contributed by atoms with E-state index in [-0.39, 0.29) is 5.56 Å². The molecule has 2 aromatic rings. The predicted octanol–water partition coefficient (Wildman–Crippen LogP) is 3.01. The molecule has 1 atom stereocenters. The fourth-order valence-corrected chi connectivity index (χ4v) is 3.50. The number of nitrogens with one attached hydrogen (secondary N) is 1. The molecule has 1 N–H and O–H groups in total. The summed E-state index contributed by atoms with van der Waals surface area (Å²) < 4.78 is 19.8. The zero-order valence-corrected chi connectivity index (χ0v) is 15.7. The van der Waals surface area contributed by atoms with Crippen molar-refractivity contribution in [2.75, 3.05) is 24.7 Å². The van der Waals surface area contributed by atoms with Crippen LogP contribution < -0.4 is 15.6 Å². The van der Waals surface area contributed by atoms with Crippen LogP contribution in [0, 0.1) is 5.92 Å². The molecule has 1 aliphatic carbocycles. The number of aryl methyl sites for hydroxylation is 1. The first-order valence-corrected chi connectivity index (χ1v) is 9.89. The molecule has 3 rings (SSSR count). The third-order valence-corrected chi connectivity index (χ3v) is 5.72. The first kappa shape index (κ1) is 17.9. The van der Waals surface area contributed by atoms with E-state index in [1.807, 2.05) is 31.2 Å². The third-order valence-electron chi connectivity index (χ3n) is 4.41. The fourth-order valence-electron chi connectivity index (χ4n) is 2.70. The summed E-state index contributed by atoms with van der Waals surface area (Å²) in [5.41, 5.74) is 2.18. The molecule has 0 radical (unpaired) electrons. The van der Waals surface area contributed by atoms with Crippen molar-refractivity contribution in [1.29, 1.82) is 0 Å². The molecule has 0 aliphatic heterocycles. The first-order chi connectivity index (χ1) is 12.0. The van der Waals surface area contributed by atoms with Crippen LogP contribution in [0.15, 0.2) is 40.2 Å². The van der Waals surface area contributed by atoms with Crippen LogP contribution in [-0.2, 0) is 18.2 Å². The van der Waals surface area contributed by atoms with Crippen LogP contribution in [0.2, 0.25) is 0 Å². The van der Waals surface area contributed by atoms with Crippen molar-refractivity contribution in [2.24, 2.45) is 13.0 Å². The Bertz CT molecular complexity index is 815. The van der Waals surface area contributed by atoms with E-state index in [1.54, 1.807) is 24.9 Å². The molecule has 0 amide bonds. The highest BCUT2D eigenvalue weighted by Crippen LogP contribution is 2.35. The van der Waals surface area contributed by atoms with E-state index in [1.165, 1.54) is 12.8 Å². The van der Waals surface area contributed by atoms with Crippen LogP contribution in [0.3, 0.4) is 0 Å². The van der Waals surface area contributed by atoms with Gasteiger partial charge >= 0.3 is 0 Å². The van der Waals surface area contributed by atoms with Gasteiger partial charge in [-0.1, -0.05) is 0 Å². The molecule has 1 aliphatic rings. The minimum Gasteiger partial charge on any atom is -0.611 e. The molecular weight excluding hydrogens is 336 g/mol. The number of pyridine rings is 1. The van der Waals surface area contributed by atoms with Gasteiger partial charge in [0.15, 0.2) is 4.90 Å². The number of aromatic nitrogens is 1. The van der Waals surface area contributed by atoms with Crippen molar-refractivity contribution in [3.05, 3.63) is 40.8 Å². The highest BCUT2D eigenvalue weighted by atomic mass is 32.2. The van der Waals surface area contributed by atoms with Crippen molar-refractivity contribution < 1.29 is 9.29 Å². The first-order valence-electron chi connectivity index (χ1n) is 8.57. The van der Waals surface area contributed by atoms with E-state index in [9.17, 15) is 9.35 Å². The van der Waals surface area contributed by atoms with Gasteiger partial charge in [-0.15, -0.1) is 0 Å². The number of ether oxygens (including phenoxy) is 1. The number of anilines is 1. The molecular formula is C19H24N2O3S. The summed E-state index contributed by atoms with van der Waals surface area (Å²) in [6.45, 7) is 2.60. The number of nitrogens with zero attached hydrogens (tertiary/aromatic N) is 1. The summed E-state index contributed by atoms with van der Waals surface area (Å²) in [6.07, 6.45) is 4.23. The van der Waals surface area contributed by atoms with Gasteiger partial charge in [0.05, 0.1) is 6.61 Å². The molecule has 1 saturated carbocycles. The highest BCUT2D eigenvalue weighted by Gasteiger charge is 2.23. The van der Waals surface area contributed by atoms with Gasteiger partial charge in [-0.25, -0.2) is 0 Å². The maximum Gasteiger partial charge on any atom is 0.273 e. The second-order valence-corrected chi connectivity index (χ2v) is 8.09. The Labute approximate surface area is 151 Å². The van der Waals surface area contributed by atoms with E-state index in [2.05, 4.69) is 5.32 Å². The van der Waals surface area contributed by atoms with Gasteiger partial charge in [0.25, 0.3) is 5.56 Å². The molecule has 1 aromatic carbocycles. The van der Waals surface area contributed by atoms with E-state index in [4.69, 9.17) is 4.74 Å². The largest absolute Gasteiger partial charge is 0.611 e. The van der Waals surface area contributed by atoms with Crippen molar-refractivity contribution in [1.82, 2.24) is 4.57 Å². The van der Waals surface area contributed by atoms with Crippen molar-refractivity contribution >= 4 is 16.9 Å². The van der Waals surface area contributed by atoms with Gasteiger partial charge in [0, 0.05) is 37.5 Å². The molecule has 1 fully saturated rings. The van der Waals surface area contributed by atoms with Gasteiger partial charge < -0.3 is 19.2 Å². The molecule has 0 saturated heterocycles. The quantitative estimate of drug-likeness (QED) is 0.771. The predicted molar refractivity (Wildman–Crippen MR) is 102 cm³/mol. The molecule has 1 unspecified atom stereocenters. The molecule has 134 valence electrons. The number of hydrogen-bond acceptors (Lipinski definition) is 4. The Morgan fingerprint density at radius 2 is 2.12 bits per heavy atom. The molecule has 25 heavy (non-hydrogen) atoms. The van der Waals surface area contributed by atoms with E-state index >= 15 is 0 Å². The molecule has 0 bridgehead atoms. The Morgan fingerprint density at radius 3 is 2.76 bits per heavy atom. The SMILES string of the molecule is CC[S+]([O-])c1ccc(OCC2CC2)c(-c2cc(NC)c(=O)n(C)c2)c1. The topological polar surface area (TPSA) is 66.3 Å². The zero-order valence-electron chi connectivity index (χ0n) is 14.9. The van der Waals surface area contributed by atoms with Crippen molar-refractivity contribution in [2.45, 2.75) is 24.7 Å². The lowest BCUT2D eigenvalue weighted by Gasteiger charge is -2.16. The molecule has 6 heteroatoms. The second-order valence-electron chi connectivity index (χ2n) is 6.36. The average Bonchev–Trinajstić information content (AvgIpc) is 3.45. The molecule has 1 heterocycles. The minimum atomic E-state index is -1.04. The van der Waals surface area contributed by atoms with Gasteiger partial charge in [-0.3, -0.25) is 4.79 Å². The molecule has 5 nitrogen and oxygen atoms in total. The Balaban J connectivity index is 2.06.